The van der Waals surface area contributed by atoms with Crippen molar-refractivity contribution in [1.29, 1.82) is 0 Å². The summed E-state index contributed by atoms with van der Waals surface area (Å²) in [4.78, 5) is 10.6. The van der Waals surface area contributed by atoms with Gasteiger partial charge in [-0.1, -0.05) is 30.9 Å². The second-order valence-corrected chi connectivity index (χ2v) is 7.28. The van der Waals surface area contributed by atoms with Gasteiger partial charge in [0.15, 0.2) is 5.13 Å². The smallest absolute Gasteiger partial charge is 0.185 e. The fourth-order valence-corrected chi connectivity index (χ4v) is 4.48. The van der Waals surface area contributed by atoms with E-state index in [9.17, 15) is 4.39 Å². The molecule has 3 nitrogen and oxygen atoms in total. The molecule has 1 aromatic carbocycles. The molecular weight excluding hydrogens is 309 g/mol. The number of aromatic nitrogens is 1. The van der Waals surface area contributed by atoms with Gasteiger partial charge in [0.1, 0.15) is 5.82 Å². The number of piperidine rings is 1. The lowest BCUT2D eigenvalue weighted by Crippen LogP contribution is -2.35. The van der Waals surface area contributed by atoms with Gasteiger partial charge in [-0.3, -0.25) is 0 Å². The predicted molar refractivity (Wildman–Crippen MR) is 95.6 cm³/mol. The molecule has 0 radical (unpaired) electrons. The van der Waals surface area contributed by atoms with E-state index in [-0.39, 0.29) is 13.2 Å². The van der Waals surface area contributed by atoms with E-state index in [1.165, 1.54) is 32.0 Å². The van der Waals surface area contributed by atoms with Gasteiger partial charge in [-0.05, 0) is 43.0 Å². The van der Waals surface area contributed by atoms with Crippen LogP contribution in [0.2, 0.25) is 0 Å². The number of anilines is 1. The third-order valence-corrected chi connectivity index (χ3v) is 5.75. The molecule has 3 heterocycles. The molecule has 124 valence electrons. The van der Waals surface area contributed by atoms with Crippen LogP contribution >= 0.6 is 11.3 Å². The van der Waals surface area contributed by atoms with Crippen LogP contribution in [-0.2, 0) is 0 Å². The van der Waals surface area contributed by atoms with E-state index in [1.54, 1.807) is 23.5 Å². The first-order valence-electron chi connectivity index (χ1n) is 7.97. The largest absolute Gasteiger partial charge is 0.346 e. The fourth-order valence-electron chi connectivity index (χ4n) is 3.53. The standard InChI is InChI=1S/C17H20FN3S.CH4/c18-15-5-1-4-14(9-15)16-10-19-17(22-16)21-8-7-20-6-2-3-13(11-20)12-21;/h1,4-5,9-10,13H,2-3,6-8,11-12H2;1H4. The normalized spacial score (nSPS) is 24.0. The summed E-state index contributed by atoms with van der Waals surface area (Å²) in [7, 11) is 0. The summed E-state index contributed by atoms with van der Waals surface area (Å²) in [5.74, 6) is 0.571. The zero-order valence-corrected chi connectivity index (χ0v) is 13.4. The first-order chi connectivity index (χ1) is 10.8. The van der Waals surface area contributed by atoms with Crippen molar-refractivity contribution in [2.75, 3.05) is 37.6 Å². The van der Waals surface area contributed by atoms with Gasteiger partial charge in [0.05, 0.1) is 4.88 Å². The zero-order chi connectivity index (χ0) is 14.9. The molecule has 2 aromatic rings. The van der Waals surface area contributed by atoms with E-state index in [1.807, 2.05) is 12.3 Å². The molecule has 0 aliphatic carbocycles. The molecule has 2 bridgehead atoms. The van der Waals surface area contributed by atoms with Crippen LogP contribution in [0.5, 0.6) is 0 Å². The molecule has 2 unspecified atom stereocenters. The molecule has 0 saturated carbocycles. The van der Waals surface area contributed by atoms with Crippen molar-refractivity contribution in [2.24, 2.45) is 5.92 Å². The highest BCUT2D eigenvalue weighted by atomic mass is 32.1. The summed E-state index contributed by atoms with van der Waals surface area (Å²) in [5, 5.41) is 1.08. The Hall–Kier alpha value is -1.46. The highest BCUT2D eigenvalue weighted by Gasteiger charge is 2.27. The van der Waals surface area contributed by atoms with E-state index in [4.69, 9.17) is 0 Å². The molecule has 0 spiro atoms. The van der Waals surface area contributed by atoms with Gasteiger partial charge >= 0.3 is 0 Å². The Kier molecular flexibility index (Phi) is 4.97. The lowest BCUT2D eigenvalue weighted by molar-refractivity contribution is 0.201. The molecule has 1 aromatic heterocycles. The van der Waals surface area contributed by atoms with Crippen molar-refractivity contribution in [3.05, 3.63) is 36.3 Å². The van der Waals surface area contributed by atoms with Crippen LogP contribution in [-0.4, -0.2) is 42.6 Å². The van der Waals surface area contributed by atoms with E-state index < -0.39 is 0 Å². The van der Waals surface area contributed by atoms with Gasteiger partial charge in [-0.2, -0.15) is 0 Å². The van der Waals surface area contributed by atoms with Gasteiger partial charge in [0, 0.05) is 32.4 Å². The number of nitrogens with zero attached hydrogens (tertiary/aromatic N) is 3. The molecule has 2 atom stereocenters. The zero-order valence-electron chi connectivity index (χ0n) is 12.5. The lowest BCUT2D eigenvalue weighted by Gasteiger charge is -2.29. The van der Waals surface area contributed by atoms with Crippen molar-refractivity contribution < 1.29 is 4.39 Å². The van der Waals surface area contributed by atoms with Crippen LogP contribution in [0.25, 0.3) is 10.4 Å². The first kappa shape index (κ1) is 16.4. The average molecular weight is 333 g/mol. The number of benzene rings is 1. The number of thiazole rings is 1. The second kappa shape index (κ2) is 6.97. The quantitative estimate of drug-likeness (QED) is 0.824. The molecule has 5 heteroatoms. The minimum absolute atomic E-state index is 0. The topological polar surface area (TPSA) is 19.4 Å². The molecule has 2 fully saturated rings. The van der Waals surface area contributed by atoms with Gasteiger partial charge in [-0.25, -0.2) is 9.37 Å². The third kappa shape index (κ3) is 3.56. The number of hydrogen-bond acceptors (Lipinski definition) is 4. The molecule has 0 amide bonds. The number of rotatable bonds is 2. The Morgan fingerprint density at radius 1 is 1.17 bits per heavy atom. The Bertz CT molecular complexity index is 657. The van der Waals surface area contributed by atoms with Crippen molar-refractivity contribution >= 4 is 16.5 Å². The summed E-state index contributed by atoms with van der Waals surface area (Å²) < 4.78 is 13.4. The monoisotopic (exact) mass is 333 g/mol. The molecular formula is C18H24FN3S. The van der Waals surface area contributed by atoms with Crippen LogP contribution in [0, 0.1) is 11.7 Å². The van der Waals surface area contributed by atoms with Gasteiger partial charge in [0.25, 0.3) is 0 Å². The maximum atomic E-state index is 13.4. The average Bonchev–Trinajstić information content (AvgIpc) is 2.96. The van der Waals surface area contributed by atoms with Crippen molar-refractivity contribution in [3.63, 3.8) is 0 Å². The van der Waals surface area contributed by atoms with Gasteiger partial charge < -0.3 is 9.80 Å². The summed E-state index contributed by atoms with van der Waals surface area (Å²) in [6.45, 7) is 5.76. The Labute approximate surface area is 141 Å². The summed E-state index contributed by atoms with van der Waals surface area (Å²) >= 11 is 1.67. The number of halogens is 1. The predicted octanol–water partition coefficient (Wildman–Crippen LogP) is 4.12. The van der Waals surface area contributed by atoms with Crippen molar-refractivity contribution in [3.8, 4) is 10.4 Å². The van der Waals surface area contributed by atoms with Gasteiger partial charge in [0.2, 0.25) is 0 Å². The second-order valence-electron chi connectivity index (χ2n) is 6.27. The molecule has 2 saturated heterocycles. The van der Waals surface area contributed by atoms with E-state index >= 15 is 0 Å². The van der Waals surface area contributed by atoms with Gasteiger partial charge in [-0.15, -0.1) is 0 Å². The van der Waals surface area contributed by atoms with Crippen LogP contribution < -0.4 is 4.90 Å². The molecule has 2 aliphatic heterocycles. The van der Waals surface area contributed by atoms with E-state index in [0.717, 1.165) is 41.1 Å². The SMILES string of the molecule is C.Fc1cccc(-c2cnc(N3CCN4CCCC(C4)C3)s2)c1. The van der Waals surface area contributed by atoms with Crippen molar-refractivity contribution in [2.45, 2.75) is 20.3 Å². The first-order valence-corrected chi connectivity index (χ1v) is 8.79. The maximum absolute atomic E-state index is 13.4. The highest BCUT2D eigenvalue weighted by molar-refractivity contribution is 7.18. The fraction of sp³-hybridized carbons (Fsp3) is 0.500. The third-order valence-electron chi connectivity index (χ3n) is 4.64. The maximum Gasteiger partial charge on any atom is 0.185 e. The Balaban J connectivity index is 0.00000156. The van der Waals surface area contributed by atoms with Crippen LogP contribution in [0.4, 0.5) is 9.52 Å². The molecule has 2 aliphatic rings. The van der Waals surface area contributed by atoms with Crippen LogP contribution in [0.15, 0.2) is 30.5 Å². The summed E-state index contributed by atoms with van der Waals surface area (Å²) in [6.07, 6.45) is 4.53. The number of hydrogen-bond donors (Lipinski definition) is 0. The molecule has 23 heavy (non-hydrogen) atoms. The molecule has 0 N–H and O–H groups in total. The van der Waals surface area contributed by atoms with E-state index in [0.29, 0.717) is 0 Å². The Morgan fingerprint density at radius 2 is 2.09 bits per heavy atom. The Morgan fingerprint density at radius 3 is 2.96 bits per heavy atom. The van der Waals surface area contributed by atoms with Crippen LogP contribution in [0.1, 0.15) is 20.3 Å². The lowest BCUT2D eigenvalue weighted by atomic mass is 9.99. The summed E-state index contributed by atoms with van der Waals surface area (Å²) in [5.41, 5.74) is 0.918. The highest BCUT2D eigenvalue weighted by Crippen LogP contribution is 2.33. The minimum Gasteiger partial charge on any atom is -0.346 e. The summed E-state index contributed by atoms with van der Waals surface area (Å²) in [6, 6.07) is 6.77. The van der Waals surface area contributed by atoms with E-state index in [2.05, 4.69) is 14.8 Å². The van der Waals surface area contributed by atoms with Crippen molar-refractivity contribution in [1.82, 2.24) is 9.88 Å². The van der Waals surface area contributed by atoms with Crippen LogP contribution in [0.3, 0.4) is 0 Å². The number of fused-ring (bicyclic) bond motifs is 2. The molecule has 4 rings (SSSR count). The minimum atomic E-state index is -0.191.